The van der Waals surface area contributed by atoms with E-state index in [0.717, 1.165) is 6.42 Å². The maximum Gasteiger partial charge on any atom is 0.271 e. The molecule has 1 atom stereocenters. The van der Waals surface area contributed by atoms with Crippen molar-refractivity contribution in [1.29, 1.82) is 0 Å². The Labute approximate surface area is 60.5 Å². The van der Waals surface area contributed by atoms with Gasteiger partial charge in [-0.05, 0) is 25.6 Å². The topological polar surface area (TPSA) is 47.3 Å². The van der Waals surface area contributed by atoms with Crippen LogP contribution < -0.4 is 11.3 Å². The Balaban J connectivity index is 3.34. The predicted molar refractivity (Wildman–Crippen MR) is 40.8 cm³/mol. The molecule has 0 aliphatic rings. The smallest absolute Gasteiger partial charge is 0.271 e. The number of rotatable bonds is 2. The van der Waals surface area contributed by atoms with Gasteiger partial charge in [-0.25, -0.2) is 5.84 Å². The van der Waals surface area contributed by atoms with Gasteiger partial charge in [0.1, 0.15) is 0 Å². The van der Waals surface area contributed by atoms with Crippen LogP contribution in [0.5, 0.6) is 0 Å². The van der Waals surface area contributed by atoms with Gasteiger partial charge in [-0.15, -0.1) is 0 Å². The first-order valence-electron chi connectivity index (χ1n) is 2.88. The SMILES string of the molecule is CCC(C)OC(=S)NN. The molecule has 1 unspecified atom stereocenters. The van der Waals surface area contributed by atoms with Gasteiger partial charge in [0.15, 0.2) is 0 Å². The Kier molecular flexibility index (Phi) is 4.35. The summed E-state index contributed by atoms with van der Waals surface area (Å²) in [6, 6.07) is 0. The second kappa shape index (κ2) is 4.52. The molecular weight excluding hydrogens is 136 g/mol. The monoisotopic (exact) mass is 148 g/mol. The average molecular weight is 148 g/mol. The van der Waals surface area contributed by atoms with Crippen molar-refractivity contribution >= 4 is 17.4 Å². The molecule has 0 fully saturated rings. The number of thiocarbonyl (C=S) groups is 1. The molecule has 9 heavy (non-hydrogen) atoms. The van der Waals surface area contributed by atoms with E-state index in [1.807, 2.05) is 13.8 Å². The molecule has 0 aliphatic heterocycles. The van der Waals surface area contributed by atoms with Crippen molar-refractivity contribution in [1.82, 2.24) is 5.43 Å². The number of hydrogen-bond donors (Lipinski definition) is 2. The van der Waals surface area contributed by atoms with Crippen LogP contribution in [0, 0.1) is 0 Å². The van der Waals surface area contributed by atoms with Gasteiger partial charge in [0.25, 0.3) is 5.17 Å². The van der Waals surface area contributed by atoms with E-state index in [9.17, 15) is 0 Å². The lowest BCUT2D eigenvalue weighted by atomic mass is 10.3. The molecule has 0 aromatic heterocycles. The van der Waals surface area contributed by atoms with Crippen LogP contribution in [0.3, 0.4) is 0 Å². The summed E-state index contributed by atoms with van der Waals surface area (Å²) in [5.41, 5.74) is 2.24. The van der Waals surface area contributed by atoms with Crippen LogP contribution in [0.1, 0.15) is 20.3 Å². The summed E-state index contributed by atoms with van der Waals surface area (Å²) in [4.78, 5) is 0. The zero-order valence-corrected chi connectivity index (χ0v) is 6.49. The summed E-state index contributed by atoms with van der Waals surface area (Å²) < 4.78 is 5.04. The summed E-state index contributed by atoms with van der Waals surface area (Å²) in [6.45, 7) is 3.95. The number of nitrogens with two attached hydrogens (primary N) is 1. The maximum atomic E-state index is 5.04. The largest absolute Gasteiger partial charge is 0.467 e. The molecule has 4 heteroatoms. The van der Waals surface area contributed by atoms with Gasteiger partial charge in [-0.2, -0.15) is 0 Å². The fourth-order valence-electron chi connectivity index (χ4n) is 0.300. The molecule has 54 valence electrons. The van der Waals surface area contributed by atoms with Crippen LogP contribution in [0.4, 0.5) is 0 Å². The number of ether oxygens (including phenoxy) is 1. The van der Waals surface area contributed by atoms with Crippen LogP contribution in [0.15, 0.2) is 0 Å². The molecule has 0 bridgehead atoms. The summed E-state index contributed by atoms with van der Waals surface area (Å²) in [6.07, 6.45) is 1.08. The first kappa shape index (κ1) is 8.65. The molecule has 0 radical (unpaired) electrons. The van der Waals surface area contributed by atoms with Crippen molar-refractivity contribution in [3.63, 3.8) is 0 Å². The van der Waals surface area contributed by atoms with E-state index in [1.54, 1.807) is 0 Å². The van der Waals surface area contributed by atoms with Gasteiger partial charge in [-0.3, -0.25) is 5.43 Å². The zero-order valence-electron chi connectivity index (χ0n) is 5.68. The fraction of sp³-hybridized carbons (Fsp3) is 0.800. The van der Waals surface area contributed by atoms with E-state index in [-0.39, 0.29) is 11.3 Å². The predicted octanol–water partition coefficient (Wildman–Crippen LogP) is 0.550. The summed E-state index contributed by atoms with van der Waals surface area (Å²) in [5, 5.41) is 0.254. The van der Waals surface area contributed by atoms with Crippen molar-refractivity contribution in [3.8, 4) is 0 Å². The lowest BCUT2D eigenvalue weighted by molar-refractivity contribution is 0.200. The van der Waals surface area contributed by atoms with Gasteiger partial charge in [0, 0.05) is 0 Å². The molecule has 0 amide bonds. The Morgan fingerprint density at radius 2 is 2.44 bits per heavy atom. The molecular formula is C5H12N2OS. The molecule has 0 saturated carbocycles. The van der Waals surface area contributed by atoms with E-state index in [1.165, 1.54) is 0 Å². The van der Waals surface area contributed by atoms with E-state index in [4.69, 9.17) is 10.6 Å². The van der Waals surface area contributed by atoms with Crippen LogP contribution in [0.25, 0.3) is 0 Å². The highest BCUT2D eigenvalue weighted by molar-refractivity contribution is 7.80. The van der Waals surface area contributed by atoms with E-state index >= 15 is 0 Å². The molecule has 0 aromatic rings. The average Bonchev–Trinajstić information content (AvgIpc) is 1.87. The highest BCUT2D eigenvalue weighted by Gasteiger charge is 1.99. The summed E-state index contributed by atoms with van der Waals surface area (Å²) in [5.74, 6) is 4.96. The van der Waals surface area contributed by atoms with Crippen LogP contribution in [-0.2, 0) is 4.74 Å². The van der Waals surface area contributed by atoms with Crippen LogP contribution >= 0.6 is 12.2 Å². The summed E-state index contributed by atoms with van der Waals surface area (Å²) >= 11 is 4.64. The molecule has 0 aromatic carbocycles. The normalized spacial score (nSPS) is 12.3. The standard InChI is InChI=1S/C5H12N2OS/c1-3-4(2)8-5(9)7-6/h4H,3,6H2,1-2H3,(H,7,9). The minimum atomic E-state index is 0.147. The lowest BCUT2D eigenvalue weighted by Crippen LogP contribution is -2.32. The molecule has 0 heterocycles. The minimum Gasteiger partial charge on any atom is -0.467 e. The first-order valence-corrected chi connectivity index (χ1v) is 3.28. The fourth-order valence-corrected chi connectivity index (χ4v) is 0.464. The summed E-state index contributed by atoms with van der Waals surface area (Å²) in [7, 11) is 0. The highest BCUT2D eigenvalue weighted by atomic mass is 32.1. The minimum absolute atomic E-state index is 0.147. The van der Waals surface area contributed by atoms with Crippen molar-refractivity contribution < 1.29 is 4.74 Å². The Hall–Kier alpha value is -0.350. The van der Waals surface area contributed by atoms with Crippen molar-refractivity contribution in [3.05, 3.63) is 0 Å². The molecule has 3 nitrogen and oxygen atoms in total. The maximum absolute atomic E-state index is 5.04. The third kappa shape index (κ3) is 4.17. The number of hydrazine groups is 1. The van der Waals surface area contributed by atoms with Gasteiger partial charge < -0.3 is 4.74 Å². The Morgan fingerprint density at radius 1 is 1.89 bits per heavy atom. The van der Waals surface area contributed by atoms with E-state index in [2.05, 4.69) is 17.6 Å². The van der Waals surface area contributed by atoms with E-state index < -0.39 is 0 Å². The molecule has 3 N–H and O–H groups in total. The third-order valence-corrected chi connectivity index (χ3v) is 1.22. The van der Waals surface area contributed by atoms with Crippen molar-refractivity contribution in [2.24, 2.45) is 5.84 Å². The third-order valence-electron chi connectivity index (χ3n) is 1.00. The zero-order chi connectivity index (χ0) is 7.28. The van der Waals surface area contributed by atoms with Gasteiger partial charge >= 0.3 is 0 Å². The first-order chi connectivity index (χ1) is 4.20. The van der Waals surface area contributed by atoms with Crippen LogP contribution in [0.2, 0.25) is 0 Å². The van der Waals surface area contributed by atoms with Crippen LogP contribution in [-0.4, -0.2) is 11.3 Å². The van der Waals surface area contributed by atoms with Crippen molar-refractivity contribution in [2.45, 2.75) is 26.4 Å². The lowest BCUT2D eigenvalue weighted by Gasteiger charge is -2.11. The van der Waals surface area contributed by atoms with E-state index in [0.29, 0.717) is 0 Å². The van der Waals surface area contributed by atoms with Gasteiger partial charge in [0.2, 0.25) is 0 Å². The van der Waals surface area contributed by atoms with Gasteiger partial charge in [-0.1, -0.05) is 6.92 Å². The van der Waals surface area contributed by atoms with Crippen molar-refractivity contribution in [2.75, 3.05) is 0 Å². The number of nitrogens with one attached hydrogen (secondary N) is 1. The van der Waals surface area contributed by atoms with Gasteiger partial charge in [0.05, 0.1) is 6.10 Å². The molecule has 0 aliphatic carbocycles. The molecule has 0 rings (SSSR count). The molecule has 0 spiro atoms. The molecule has 0 saturated heterocycles. The second-order valence-electron chi connectivity index (χ2n) is 1.77. The highest BCUT2D eigenvalue weighted by Crippen LogP contribution is 1.94. The second-order valence-corrected chi connectivity index (χ2v) is 2.14. The quantitative estimate of drug-likeness (QED) is 0.341. The Bertz CT molecular complexity index is 97.0. The Morgan fingerprint density at radius 3 is 2.78 bits per heavy atom. The number of hydrogen-bond acceptors (Lipinski definition) is 3.